The highest BCUT2D eigenvalue weighted by atomic mass is 32.2. The predicted octanol–water partition coefficient (Wildman–Crippen LogP) is 6.67. The maximum absolute atomic E-state index is 10.6. The Morgan fingerprint density at radius 1 is 0.839 bits per heavy atom. The number of aryl methyl sites for hydroxylation is 1. The van der Waals surface area contributed by atoms with Gasteiger partial charge >= 0.3 is 0 Å². The fourth-order valence-electron chi connectivity index (χ4n) is 3.31. The van der Waals surface area contributed by atoms with E-state index in [1.54, 1.807) is 16.0 Å². The summed E-state index contributed by atoms with van der Waals surface area (Å²) in [4.78, 5) is 3.14. The summed E-state index contributed by atoms with van der Waals surface area (Å²) in [7, 11) is -4.36. The van der Waals surface area contributed by atoms with Crippen molar-refractivity contribution in [3.63, 3.8) is 0 Å². The second-order valence-electron chi connectivity index (χ2n) is 7.53. The van der Waals surface area contributed by atoms with Crippen molar-refractivity contribution >= 4 is 21.0 Å². The van der Waals surface area contributed by atoms with Gasteiger partial charge in [0.25, 0.3) is 0 Å². The van der Waals surface area contributed by atoms with Gasteiger partial charge in [-0.2, -0.15) is 0 Å². The van der Waals surface area contributed by atoms with Crippen LogP contribution >= 0.6 is 0 Å². The van der Waals surface area contributed by atoms with Crippen LogP contribution in [-0.4, -0.2) is 24.7 Å². The molecule has 0 saturated carbocycles. The van der Waals surface area contributed by atoms with Crippen molar-refractivity contribution in [2.75, 3.05) is 11.8 Å². The van der Waals surface area contributed by atoms with Gasteiger partial charge in [-0.15, -0.1) is 0 Å². The minimum Gasteiger partial charge on any atom is -0.746 e. The van der Waals surface area contributed by atoms with E-state index in [9.17, 15) is 4.39 Å². The van der Waals surface area contributed by atoms with Crippen molar-refractivity contribution in [3.05, 3.63) is 59.7 Å². The van der Waals surface area contributed by atoms with Crippen LogP contribution in [0.5, 0.6) is 0 Å². The van der Waals surface area contributed by atoms with Crippen LogP contribution in [0.25, 0.3) is 0 Å². The number of alkyl halides is 1. The standard InChI is InChI=1S/C24H35S.CH3FO3S/c1-4-7-14-21-15-13-19-24(23(21)18-8-5-2)25(20-9-6-3)22-16-11-10-12-17-22;2-1-6(3,4)5/h10-13,15-17,19H,4-9,14,18,20H2,1-3H3;1H2,(H,3,4,5)/q+1;/p-1. The van der Waals surface area contributed by atoms with Crippen LogP contribution in [0.2, 0.25) is 0 Å². The summed E-state index contributed by atoms with van der Waals surface area (Å²) >= 11 is 0. The van der Waals surface area contributed by atoms with E-state index in [-0.39, 0.29) is 10.9 Å². The first-order chi connectivity index (χ1) is 14.9. The topological polar surface area (TPSA) is 57.2 Å². The Hall–Kier alpha value is -1.37. The molecule has 0 radical (unpaired) electrons. The van der Waals surface area contributed by atoms with Gasteiger partial charge in [-0.1, -0.05) is 70.4 Å². The molecule has 0 N–H and O–H groups in total. The Balaban J connectivity index is 0.000000703. The molecular weight excluding hydrogens is 431 g/mol. The Morgan fingerprint density at radius 3 is 1.97 bits per heavy atom. The molecule has 1 atom stereocenters. The van der Waals surface area contributed by atoms with Crippen molar-refractivity contribution < 1.29 is 17.4 Å². The van der Waals surface area contributed by atoms with Gasteiger partial charge in [-0.05, 0) is 55.9 Å². The molecule has 0 fully saturated rings. The third kappa shape index (κ3) is 10.7. The van der Waals surface area contributed by atoms with Gasteiger partial charge in [0.2, 0.25) is 0 Å². The number of unbranched alkanes of at least 4 members (excludes halogenated alkanes) is 3. The van der Waals surface area contributed by atoms with E-state index in [0.717, 1.165) is 0 Å². The molecule has 0 spiro atoms. The van der Waals surface area contributed by atoms with Crippen LogP contribution < -0.4 is 0 Å². The first kappa shape index (κ1) is 27.7. The van der Waals surface area contributed by atoms with Gasteiger partial charge in [0, 0.05) is 5.56 Å². The Kier molecular flexibility index (Phi) is 13.8. The minimum atomic E-state index is -4.58. The van der Waals surface area contributed by atoms with E-state index >= 15 is 0 Å². The van der Waals surface area contributed by atoms with Crippen molar-refractivity contribution in [1.29, 1.82) is 0 Å². The maximum Gasteiger partial charge on any atom is 0.179 e. The first-order valence-corrected chi connectivity index (χ1v) is 14.2. The normalized spacial score (nSPS) is 12.2. The Labute approximate surface area is 191 Å². The van der Waals surface area contributed by atoms with Crippen LogP contribution in [0, 0.1) is 0 Å². The zero-order chi connectivity index (χ0) is 23.1. The molecule has 1 unspecified atom stereocenters. The van der Waals surface area contributed by atoms with Gasteiger partial charge in [0.05, 0.1) is 10.9 Å². The highest BCUT2D eigenvalue weighted by Gasteiger charge is 2.28. The van der Waals surface area contributed by atoms with Gasteiger partial charge in [-0.25, -0.2) is 12.8 Å². The molecule has 0 aliphatic carbocycles. The van der Waals surface area contributed by atoms with Crippen molar-refractivity contribution in [2.24, 2.45) is 0 Å². The molecule has 2 aromatic carbocycles. The summed E-state index contributed by atoms with van der Waals surface area (Å²) in [5, 5.41) is 0. The van der Waals surface area contributed by atoms with Gasteiger partial charge in [0.15, 0.2) is 15.8 Å². The third-order valence-electron chi connectivity index (χ3n) is 4.94. The van der Waals surface area contributed by atoms with Crippen LogP contribution in [0.1, 0.15) is 70.4 Å². The summed E-state index contributed by atoms with van der Waals surface area (Å²) < 4.78 is 37.8. The second-order valence-corrected chi connectivity index (χ2v) is 11.0. The average Bonchev–Trinajstić information content (AvgIpc) is 2.77. The quantitative estimate of drug-likeness (QED) is 0.258. The smallest absolute Gasteiger partial charge is 0.179 e. The van der Waals surface area contributed by atoms with E-state index in [1.807, 2.05) is 0 Å². The fourth-order valence-corrected chi connectivity index (χ4v) is 5.85. The molecule has 2 aromatic rings. The van der Waals surface area contributed by atoms with E-state index < -0.39 is 16.1 Å². The van der Waals surface area contributed by atoms with Gasteiger partial charge < -0.3 is 4.55 Å². The summed E-state index contributed by atoms with van der Waals surface area (Å²) in [6.45, 7) is 6.91. The lowest BCUT2D eigenvalue weighted by atomic mass is 9.98. The summed E-state index contributed by atoms with van der Waals surface area (Å²) in [5.41, 5.74) is 3.28. The number of halogens is 1. The molecule has 0 heterocycles. The van der Waals surface area contributed by atoms with E-state index in [1.165, 1.54) is 62.0 Å². The van der Waals surface area contributed by atoms with Crippen LogP contribution in [0.15, 0.2) is 58.3 Å². The van der Waals surface area contributed by atoms with Crippen molar-refractivity contribution in [2.45, 2.75) is 81.9 Å². The lowest BCUT2D eigenvalue weighted by molar-refractivity contribution is 0.431. The largest absolute Gasteiger partial charge is 0.746 e. The molecule has 3 nitrogen and oxygen atoms in total. The maximum atomic E-state index is 10.6. The Morgan fingerprint density at radius 2 is 1.42 bits per heavy atom. The summed E-state index contributed by atoms with van der Waals surface area (Å²) in [6, 6.07) is 16.5. The highest BCUT2D eigenvalue weighted by Crippen LogP contribution is 2.31. The predicted molar refractivity (Wildman–Crippen MR) is 129 cm³/mol. The molecule has 0 saturated heterocycles. The minimum absolute atomic E-state index is 0.218. The monoisotopic (exact) mass is 468 g/mol. The van der Waals surface area contributed by atoms with Crippen LogP contribution in [0.3, 0.4) is 0 Å². The molecule has 0 aliphatic rings. The van der Waals surface area contributed by atoms with E-state index in [0.29, 0.717) is 0 Å². The number of benzene rings is 2. The zero-order valence-corrected chi connectivity index (χ0v) is 20.7. The summed E-state index contributed by atoms with van der Waals surface area (Å²) in [5.74, 6) is 1.29. The lowest BCUT2D eigenvalue weighted by Crippen LogP contribution is -2.13. The van der Waals surface area contributed by atoms with Gasteiger partial charge in [-0.3, -0.25) is 0 Å². The SMILES string of the molecule is CCCCc1cccc([S+](CCCC)c2ccccc2)c1CCCC.O=S(=O)([O-])CF. The summed E-state index contributed by atoms with van der Waals surface area (Å²) in [6.07, 6.45) is 10.2. The molecule has 31 heavy (non-hydrogen) atoms. The number of hydrogen-bond acceptors (Lipinski definition) is 3. The molecular formula is C25H37FO3S2. The Bertz CT molecular complexity index is 839. The van der Waals surface area contributed by atoms with E-state index in [4.69, 9.17) is 13.0 Å². The molecule has 0 aliphatic heterocycles. The molecule has 174 valence electrons. The van der Waals surface area contributed by atoms with Crippen LogP contribution in [0.4, 0.5) is 4.39 Å². The number of hydrogen-bond donors (Lipinski definition) is 0. The molecule has 0 amide bonds. The zero-order valence-electron chi connectivity index (χ0n) is 19.1. The average molecular weight is 469 g/mol. The molecule has 6 heteroatoms. The first-order valence-electron chi connectivity index (χ1n) is 11.2. The fraction of sp³-hybridized carbons (Fsp3) is 0.520. The second kappa shape index (κ2) is 15.4. The molecule has 0 bridgehead atoms. The van der Waals surface area contributed by atoms with Gasteiger partial charge in [0.1, 0.15) is 15.9 Å². The lowest BCUT2D eigenvalue weighted by Gasteiger charge is -2.16. The van der Waals surface area contributed by atoms with E-state index in [2.05, 4.69) is 69.3 Å². The highest BCUT2D eigenvalue weighted by molar-refractivity contribution is 7.97. The van der Waals surface area contributed by atoms with Crippen molar-refractivity contribution in [1.82, 2.24) is 0 Å². The molecule has 2 rings (SSSR count). The molecule has 0 aromatic heterocycles. The number of rotatable bonds is 12. The van der Waals surface area contributed by atoms with Crippen molar-refractivity contribution in [3.8, 4) is 0 Å². The van der Waals surface area contributed by atoms with Crippen LogP contribution in [-0.2, 0) is 33.9 Å². The third-order valence-corrected chi connectivity index (χ3v) is 7.66.